The third-order valence-corrected chi connectivity index (χ3v) is 6.63. The monoisotopic (exact) mass is 462 g/mol. The number of ether oxygens (including phenoxy) is 3. The molecule has 0 N–H and O–H groups in total. The van der Waals surface area contributed by atoms with Crippen molar-refractivity contribution in [3.05, 3.63) is 57.6 Å². The van der Waals surface area contributed by atoms with Crippen LogP contribution in [0.1, 0.15) is 48.6 Å². The van der Waals surface area contributed by atoms with Gasteiger partial charge >= 0.3 is 0 Å². The van der Waals surface area contributed by atoms with E-state index in [9.17, 15) is 10.1 Å². The van der Waals surface area contributed by atoms with Gasteiger partial charge in [-0.2, -0.15) is 0 Å². The Morgan fingerprint density at radius 2 is 1.81 bits per heavy atom. The van der Waals surface area contributed by atoms with E-state index in [4.69, 9.17) is 14.2 Å². The molecule has 174 valence electrons. The van der Waals surface area contributed by atoms with Crippen LogP contribution in [-0.2, 0) is 0 Å². The lowest BCUT2D eigenvalue weighted by molar-refractivity contribution is -0.385. The SMILES string of the molecule is COc1ccc(C2CCN(CCC3CCOc4ccc([N+](=O)[O-])cc43)CC2)cc1OC.Cl. The lowest BCUT2D eigenvalue weighted by atomic mass is 9.87. The number of nitro groups is 1. The Kier molecular flexibility index (Phi) is 8.21. The number of halogens is 1. The van der Waals surface area contributed by atoms with Crippen LogP contribution in [0.15, 0.2) is 36.4 Å². The lowest BCUT2D eigenvalue weighted by Gasteiger charge is -2.34. The highest BCUT2D eigenvalue weighted by molar-refractivity contribution is 5.85. The number of fused-ring (bicyclic) bond motifs is 1. The molecule has 2 aliphatic rings. The van der Waals surface area contributed by atoms with Gasteiger partial charge in [0.2, 0.25) is 0 Å². The summed E-state index contributed by atoms with van der Waals surface area (Å²) in [7, 11) is 3.33. The van der Waals surface area contributed by atoms with Crippen LogP contribution in [0.25, 0.3) is 0 Å². The third kappa shape index (κ3) is 5.27. The molecule has 8 heteroatoms. The molecule has 1 atom stereocenters. The number of hydrogen-bond acceptors (Lipinski definition) is 6. The first kappa shape index (κ1) is 24.1. The Balaban J connectivity index is 0.00000289. The Labute approximate surface area is 195 Å². The number of methoxy groups -OCH3 is 2. The van der Waals surface area contributed by atoms with E-state index in [-0.39, 0.29) is 23.0 Å². The zero-order valence-corrected chi connectivity index (χ0v) is 19.4. The smallest absolute Gasteiger partial charge is 0.269 e. The molecule has 4 rings (SSSR count). The van der Waals surface area contributed by atoms with Gasteiger partial charge in [-0.25, -0.2) is 0 Å². The molecule has 7 nitrogen and oxygen atoms in total. The summed E-state index contributed by atoms with van der Waals surface area (Å²) < 4.78 is 16.5. The zero-order valence-electron chi connectivity index (χ0n) is 18.6. The molecule has 0 spiro atoms. The first-order valence-electron chi connectivity index (χ1n) is 10.9. The summed E-state index contributed by atoms with van der Waals surface area (Å²) in [6.07, 6.45) is 4.14. The molecule has 0 radical (unpaired) electrons. The highest BCUT2D eigenvalue weighted by Gasteiger charge is 2.26. The van der Waals surface area contributed by atoms with Crippen LogP contribution < -0.4 is 14.2 Å². The quantitative estimate of drug-likeness (QED) is 0.417. The maximum absolute atomic E-state index is 11.2. The summed E-state index contributed by atoms with van der Waals surface area (Å²) >= 11 is 0. The number of hydrogen-bond donors (Lipinski definition) is 0. The predicted molar refractivity (Wildman–Crippen MR) is 126 cm³/mol. The maximum atomic E-state index is 11.2. The van der Waals surface area contributed by atoms with Gasteiger partial charge in [0.25, 0.3) is 5.69 Å². The second-order valence-corrected chi connectivity index (χ2v) is 8.33. The van der Waals surface area contributed by atoms with Crippen LogP contribution in [0.2, 0.25) is 0 Å². The summed E-state index contributed by atoms with van der Waals surface area (Å²) in [6.45, 7) is 3.80. The largest absolute Gasteiger partial charge is 0.493 e. The van der Waals surface area contributed by atoms with Crippen LogP contribution in [0, 0.1) is 10.1 Å². The number of piperidine rings is 1. The molecule has 2 aromatic carbocycles. The van der Waals surface area contributed by atoms with Crippen molar-refractivity contribution in [3.63, 3.8) is 0 Å². The third-order valence-electron chi connectivity index (χ3n) is 6.63. The zero-order chi connectivity index (χ0) is 21.8. The number of non-ortho nitro benzene ring substituents is 1. The number of benzene rings is 2. The normalized spacial score (nSPS) is 18.8. The molecule has 2 heterocycles. The van der Waals surface area contributed by atoms with E-state index >= 15 is 0 Å². The van der Waals surface area contributed by atoms with Crippen molar-refractivity contribution < 1.29 is 19.1 Å². The van der Waals surface area contributed by atoms with E-state index in [1.165, 1.54) is 11.6 Å². The number of rotatable bonds is 7. The minimum absolute atomic E-state index is 0. The Hall–Kier alpha value is -2.51. The number of nitro benzene ring substituents is 1. The van der Waals surface area contributed by atoms with Crippen molar-refractivity contribution in [3.8, 4) is 17.2 Å². The summed E-state index contributed by atoms with van der Waals surface area (Å²) in [4.78, 5) is 13.4. The van der Waals surface area contributed by atoms with Crippen molar-refractivity contribution in [2.24, 2.45) is 0 Å². The summed E-state index contributed by atoms with van der Waals surface area (Å²) in [5.41, 5.74) is 2.44. The van der Waals surface area contributed by atoms with Gasteiger partial charge in [0.1, 0.15) is 5.75 Å². The molecule has 2 aromatic rings. The first-order valence-corrected chi connectivity index (χ1v) is 10.9. The van der Waals surface area contributed by atoms with Crippen LogP contribution in [0.4, 0.5) is 5.69 Å². The standard InChI is InChI=1S/C24H30N2O5.ClH/c1-29-23-5-3-19(15-24(23)30-2)17-7-11-25(12-8-17)13-9-18-10-14-31-22-6-4-20(26(27)28)16-21(18)22;/h3-6,15-18H,7-14H2,1-2H3;1H. The minimum atomic E-state index is -0.328. The molecule has 1 fully saturated rings. The molecule has 1 saturated heterocycles. The van der Waals surface area contributed by atoms with Crippen molar-refractivity contribution in [1.29, 1.82) is 0 Å². The van der Waals surface area contributed by atoms with Gasteiger partial charge in [-0.3, -0.25) is 10.1 Å². The molecule has 1 unspecified atom stereocenters. The van der Waals surface area contributed by atoms with Gasteiger partial charge in [0.05, 0.1) is 25.7 Å². The Morgan fingerprint density at radius 1 is 1.06 bits per heavy atom. The molecule has 0 amide bonds. The van der Waals surface area contributed by atoms with Gasteiger partial charge in [0, 0.05) is 17.7 Å². The van der Waals surface area contributed by atoms with Gasteiger partial charge in [-0.15, -0.1) is 12.4 Å². The van der Waals surface area contributed by atoms with Crippen molar-refractivity contribution >= 4 is 18.1 Å². The van der Waals surface area contributed by atoms with Crippen molar-refractivity contribution in [2.75, 3.05) is 40.5 Å². The fourth-order valence-electron chi connectivity index (χ4n) is 4.80. The van der Waals surface area contributed by atoms with E-state index < -0.39 is 0 Å². The molecular formula is C24H31ClN2O5. The number of likely N-dealkylation sites (tertiary alicyclic amines) is 1. The summed E-state index contributed by atoms with van der Waals surface area (Å²) in [5.74, 6) is 3.19. The maximum Gasteiger partial charge on any atom is 0.269 e. The van der Waals surface area contributed by atoms with E-state index in [0.29, 0.717) is 18.4 Å². The molecule has 2 aliphatic heterocycles. The van der Waals surface area contributed by atoms with E-state index in [2.05, 4.69) is 17.0 Å². The van der Waals surface area contributed by atoms with Crippen molar-refractivity contribution in [2.45, 2.75) is 37.5 Å². The van der Waals surface area contributed by atoms with E-state index in [1.807, 2.05) is 6.07 Å². The topological polar surface area (TPSA) is 74.1 Å². The Bertz CT molecular complexity index is 931. The molecular weight excluding hydrogens is 432 g/mol. The van der Waals surface area contributed by atoms with Gasteiger partial charge in [0.15, 0.2) is 11.5 Å². The van der Waals surface area contributed by atoms with E-state index in [0.717, 1.165) is 68.1 Å². The lowest BCUT2D eigenvalue weighted by Crippen LogP contribution is -2.34. The fourth-order valence-corrected chi connectivity index (χ4v) is 4.80. The molecule has 0 saturated carbocycles. The van der Waals surface area contributed by atoms with Crippen LogP contribution >= 0.6 is 12.4 Å². The molecule has 32 heavy (non-hydrogen) atoms. The van der Waals surface area contributed by atoms with Crippen LogP contribution in [0.5, 0.6) is 17.2 Å². The van der Waals surface area contributed by atoms with Gasteiger partial charge in [-0.05, 0) is 80.9 Å². The predicted octanol–water partition coefficient (Wildman–Crippen LogP) is 5.17. The highest BCUT2D eigenvalue weighted by atomic mass is 35.5. The highest BCUT2D eigenvalue weighted by Crippen LogP contribution is 2.39. The molecule has 0 aromatic heterocycles. The number of nitrogens with zero attached hydrogens (tertiary/aromatic N) is 2. The van der Waals surface area contributed by atoms with Crippen molar-refractivity contribution in [1.82, 2.24) is 4.90 Å². The second kappa shape index (κ2) is 10.9. The first-order chi connectivity index (χ1) is 15.1. The fraction of sp³-hybridized carbons (Fsp3) is 0.500. The van der Waals surface area contributed by atoms with E-state index in [1.54, 1.807) is 26.4 Å². The Morgan fingerprint density at radius 3 is 2.50 bits per heavy atom. The molecule has 0 bridgehead atoms. The van der Waals surface area contributed by atoms with Crippen LogP contribution in [0.3, 0.4) is 0 Å². The van der Waals surface area contributed by atoms with Gasteiger partial charge < -0.3 is 19.1 Å². The van der Waals surface area contributed by atoms with Gasteiger partial charge in [-0.1, -0.05) is 6.07 Å². The average molecular weight is 463 g/mol. The van der Waals surface area contributed by atoms with Crippen LogP contribution in [-0.4, -0.2) is 50.3 Å². The average Bonchev–Trinajstić information content (AvgIpc) is 2.82. The summed E-state index contributed by atoms with van der Waals surface area (Å²) in [6, 6.07) is 11.2. The summed E-state index contributed by atoms with van der Waals surface area (Å²) in [5, 5.41) is 11.2. The molecule has 0 aliphatic carbocycles. The minimum Gasteiger partial charge on any atom is -0.493 e. The second-order valence-electron chi connectivity index (χ2n) is 8.33.